The van der Waals surface area contributed by atoms with Crippen molar-refractivity contribution in [2.45, 2.75) is 45.8 Å². The molecule has 2 nitrogen and oxygen atoms in total. The molecule has 1 N–H and O–H groups in total. The minimum Gasteiger partial charge on any atom is -0.515 e. The number of rotatable bonds is 2. The van der Waals surface area contributed by atoms with Crippen LogP contribution in [0.5, 0.6) is 0 Å². The fourth-order valence-electron chi connectivity index (χ4n) is 2.01. The number of benzene rings is 1. The van der Waals surface area contributed by atoms with Crippen LogP contribution in [0.3, 0.4) is 0 Å². The van der Waals surface area contributed by atoms with Crippen LogP contribution in [0.15, 0.2) is 35.5 Å². The van der Waals surface area contributed by atoms with Gasteiger partial charge < -0.3 is 16.9 Å². The number of aliphatic hydroxyl groups is 1. The van der Waals surface area contributed by atoms with Gasteiger partial charge in [0.25, 0.3) is 0 Å². The molecule has 1 fully saturated rings. The molecule has 1 aliphatic heterocycles. The van der Waals surface area contributed by atoms with Crippen LogP contribution in [0, 0.1) is 52.7 Å². The van der Waals surface area contributed by atoms with E-state index >= 15 is 0 Å². The van der Waals surface area contributed by atoms with E-state index in [1.54, 1.807) is 0 Å². The Morgan fingerprint density at radius 3 is 2.67 bits per heavy atom. The molecule has 1 heterocycles. The van der Waals surface area contributed by atoms with E-state index in [-0.39, 0.29) is 46.9 Å². The standard InChI is InChI=1S/C15H18NOS.C2H6.Yb/c1-11(10-17)14-5-3-4-6-15(14)16-13-7-8-18-12(2)9-13;1-2;/h3-6,8,10,12,17H,7,9H2,1-2H3;1-2H3;/q-1;;. The van der Waals surface area contributed by atoms with Crippen LogP contribution < -0.4 is 0 Å². The first-order valence-electron chi connectivity index (χ1n) is 7.14. The monoisotopic (exact) mass is 464 g/mol. The molecule has 0 aromatic heterocycles. The normalized spacial score (nSPS) is 20.3. The number of hydrogen-bond donors (Lipinski definition) is 1. The van der Waals surface area contributed by atoms with Crippen molar-refractivity contribution in [1.29, 1.82) is 0 Å². The zero-order chi connectivity index (χ0) is 15.0. The van der Waals surface area contributed by atoms with Gasteiger partial charge in [-0.05, 0) is 35.9 Å². The Kier molecular flexibility index (Phi) is 12.0. The van der Waals surface area contributed by atoms with Crippen molar-refractivity contribution in [3.8, 4) is 0 Å². The van der Waals surface area contributed by atoms with E-state index in [9.17, 15) is 0 Å². The van der Waals surface area contributed by atoms with E-state index in [4.69, 9.17) is 10.1 Å². The van der Waals surface area contributed by atoms with Crippen molar-refractivity contribution in [2.24, 2.45) is 4.99 Å². The van der Waals surface area contributed by atoms with Gasteiger partial charge in [-0.3, -0.25) is 10.7 Å². The van der Waals surface area contributed by atoms with E-state index in [2.05, 4.69) is 12.7 Å². The minimum atomic E-state index is 0. The van der Waals surface area contributed by atoms with E-state index in [0.29, 0.717) is 5.25 Å². The summed E-state index contributed by atoms with van der Waals surface area (Å²) in [5.74, 6) is 2.23. The molecule has 1 aromatic rings. The van der Waals surface area contributed by atoms with Crippen molar-refractivity contribution >= 4 is 28.7 Å². The maximum absolute atomic E-state index is 9.14. The second-order valence-corrected chi connectivity index (χ2v) is 5.94. The van der Waals surface area contributed by atoms with Crippen LogP contribution in [0.1, 0.15) is 46.1 Å². The summed E-state index contributed by atoms with van der Waals surface area (Å²) < 4.78 is 0. The molecule has 2 rings (SSSR count). The van der Waals surface area contributed by atoms with Crippen LogP contribution in [0.4, 0.5) is 5.69 Å². The van der Waals surface area contributed by atoms with Gasteiger partial charge in [0, 0.05) is 52.5 Å². The number of aliphatic imine (C=N–C) groups is 1. The molecule has 0 aliphatic carbocycles. The summed E-state index contributed by atoms with van der Waals surface area (Å²) in [5.41, 5.74) is 4.01. The predicted octanol–water partition coefficient (Wildman–Crippen LogP) is 5.78. The molecule has 0 spiro atoms. The van der Waals surface area contributed by atoms with Gasteiger partial charge >= 0.3 is 0 Å². The second kappa shape index (κ2) is 11.8. The zero-order valence-electron chi connectivity index (χ0n) is 13.0. The molecule has 0 radical (unpaired) electrons. The van der Waals surface area contributed by atoms with Gasteiger partial charge in [0.2, 0.25) is 0 Å². The number of hydrogen-bond acceptors (Lipinski definition) is 3. The molecule has 124 valence electrons. The average molecular weight is 463 g/mol. The maximum Gasteiger partial charge on any atom is 0.0827 e. The fourth-order valence-corrected chi connectivity index (χ4v) is 2.91. The molecule has 0 amide bonds. The first-order chi connectivity index (χ1) is 9.70. The third-order valence-corrected chi connectivity index (χ3v) is 3.96. The summed E-state index contributed by atoms with van der Waals surface area (Å²) in [5, 5.41) is 9.75. The summed E-state index contributed by atoms with van der Waals surface area (Å²) in [6.45, 7) is 8.12. The summed E-state index contributed by atoms with van der Waals surface area (Å²) >= 11 is 1.89. The van der Waals surface area contributed by atoms with Crippen LogP contribution in [-0.4, -0.2) is 16.1 Å². The summed E-state index contributed by atoms with van der Waals surface area (Å²) in [6, 6.07) is 7.95. The van der Waals surface area contributed by atoms with Gasteiger partial charge in [-0.25, -0.2) is 0 Å². The van der Waals surface area contributed by atoms with E-state index < -0.39 is 0 Å². The summed E-state index contributed by atoms with van der Waals surface area (Å²) in [7, 11) is 0. The molecular formula is C17H24NOSYb-. The van der Waals surface area contributed by atoms with Crippen molar-refractivity contribution in [1.82, 2.24) is 0 Å². The van der Waals surface area contributed by atoms with Crippen molar-refractivity contribution in [3.63, 3.8) is 0 Å². The second-order valence-electron chi connectivity index (χ2n) is 4.53. The van der Waals surface area contributed by atoms with Crippen molar-refractivity contribution in [2.75, 3.05) is 0 Å². The van der Waals surface area contributed by atoms with Crippen molar-refractivity contribution < 1.29 is 52.0 Å². The number of aliphatic hydroxyl groups excluding tert-OH is 1. The number of thioether (sulfide) groups is 1. The summed E-state index contributed by atoms with van der Waals surface area (Å²) in [4.78, 5) is 4.76. The van der Waals surface area contributed by atoms with Gasteiger partial charge in [-0.15, -0.1) is 6.42 Å². The maximum atomic E-state index is 9.14. The van der Waals surface area contributed by atoms with Crippen molar-refractivity contribution in [3.05, 3.63) is 41.8 Å². The predicted molar refractivity (Wildman–Crippen MR) is 91.8 cm³/mol. The smallest absolute Gasteiger partial charge is 0.0827 e. The Labute approximate surface area is 171 Å². The Bertz CT molecular complexity index is 485. The molecule has 1 atom stereocenters. The number of nitrogens with zero attached hydrogens (tertiary/aromatic N) is 1. The Hall–Kier alpha value is 0.299. The Balaban J connectivity index is 0.00000128. The molecule has 1 aliphatic rings. The average Bonchev–Trinajstić information content (AvgIpc) is 2.49. The van der Waals surface area contributed by atoms with E-state index in [1.807, 2.05) is 56.8 Å². The quantitative estimate of drug-likeness (QED) is 0.445. The van der Waals surface area contributed by atoms with Gasteiger partial charge in [-0.1, -0.05) is 39.0 Å². The first-order valence-corrected chi connectivity index (χ1v) is 8.09. The molecule has 1 aromatic carbocycles. The largest absolute Gasteiger partial charge is 0.515 e. The van der Waals surface area contributed by atoms with Gasteiger partial charge in [-0.2, -0.15) is 0 Å². The first kappa shape index (κ1) is 21.3. The van der Waals surface area contributed by atoms with E-state index in [0.717, 1.165) is 35.9 Å². The molecule has 0 bridgehead atoms. The SMILES string of the molecule is CC.CC(=CO)c1ccccc1N=C1C[CH-]SC(C)C1.[Yb]. The summed E-state index contributed by atoms with van der Waals surface area (Å²) in [6.07, 6.45) is 3.13. The molecular weight excluding hydrogens is 439 g/mol. The topological polar surface area (TPSA) is 32.6 Å². The van der Waals surface area contributed by atoms with Gasteiger partial charge in [0.15, 0.2) is 0 Å². The zero-order valence-corrected chi connectivity index (χ0v) is 15.6. The molecule has 4 heteroatoms. The van der Waals surface area contributed by atoms with Gasteiger partial charge in [0.05, 0.1) is 11.9 Å². The Morgan fingerprint density at radius 1 is 1.38 bits per heavy atom. The van der Waals surface area contributed by atoms with Crippen LogP contribution in [-0.2, 0) is 0 Å². The number of allylic oxidation sites excluding steroid dienone is 1. The fraction of sp³-hybridized carbons (Fsp3) is 0.412. The van der Waals surface area contributed by atoms with E-state index in [1.165, 1.54) is 5.71 Å². The molecule has 0 saturated carbocycles. The van der Waals surface area contributed by atoms with Crippen LogP contribution in [0.2, 0.25) is 0 Å². The Morgan fingerprint density at radius 2 is 2.05 bits per heavy atom. The third kappa shape index (κ3) is 6.94. The molecule has 1 saturated heterocycles. The molecule has 21 heavy (non-hydrogen) atoms. The van der Waals surface area contributed by atoms with Gasteiger partial charge in [0.1, 0.15) is 0 Å². The van der Waals surface area contributed by atoms with Crippen LogP contribution >= 0.6 is 11.8 Å². The third-order valence-electron chi connectivity index (χ3n) is 2.97. The minimum absolute atomic E-state index is 0. The van der Waals surface area contributed by atoms with Crippen LogP contribution in [0.25, 0.3) is 5.57 Å². The molecule has 1 unspecified atom stereocenters. The number of para-hydroxylation sites is 1.